The second kappa shape index (κ2) is 9.13. The van der Waals surface area contributed by atoms with Crippen LogP contribution in [0.2, 0.25) is 5.02 Å². The van der Waals surface area contributed by atoms with Crippen LogP contribution in [0.25, 0.3) is 0 Å². The molecule has 0 aliphatic carbocycles. The van der Waals surface area contributed by atoms with Crippen molar-refractivity contribution in [2.24, 2.45) is 0 Å². The Kier molecular flexibility index (Phi) is 7.79. The molecule has 0 unspecified atom stereocenters. The van der Waals surface area contributed by atoms with Gasteiger partial charge in [-0.25, -0.2) is 4.98 Å². The molecule has 0 saturated heterocycles. The van der Waals surface area contributed by atoms with Gasteiger partial charge in [0.2, 0.25) is 0 Å². The summed E-state index contributed by atoms with van der Waals surface area (Å²) in [5.41, 5.74) is 0.919. The van der Waals surface area contributed by atoms with Gasteiger partial charge in [0.25, 0.3) is 0 Å². The predicted octanol–water partition coefficient (Wildman–Crippen LogP) is 3.03. The van der Waals surface area contributed by atoms with Crippen molar-refractivity contribution in [3.05, 3.63) is 22.8 Å². The third-order valence-electron chi connectivity index (χ3n) is 2.78. The van der Waals surface area contributed by atoms with E-state index in [2.05, 4.69) is 29.2 Å². The van der Waals surface area contributed by atoms with E-state index in [1.165, 1.54) is 0 Å². The highest BCUT2D eigenvalue weighted by atomic mass is 35.5. The Labute approximate surface area is 121 Å². The molecule has 0 amide bonds. The zero-order valence-electron chi connectivity index (χ0n) is 12.1. The number of rotatable bonds is 9. The summed E-state index contributed by atoms with van der Waals surface area (Å²) in [5, 5.41) is 4.00. The number of hydrogen-bond acceptors (Lipinski definition) is 4. The van der Waals surface area contributed by atoms with Crippen LogP contribution in [-0.2, 0) is 11.3 Å². The second-order valence-electron chi connectivity index (χ2n) is 4.64. The van der Waals surface area contributed by atoms with Crippen LogP contribution in [0.4, 0.5) is 5.82 Å². The number of pyridine rings is 1. The van der Waals surface area contributed by atoms with Gasteiger partial charge in [0.1, 0.15) is 5.82 Å². The molecule has 0 atom stereocenters. The standard InChI is InChI=1S/C14H24ClN3O/c1-4-8-16-14-7-6-12(15)13(17-14)11-18(2)9-5-10-19-3/h6-7H,4-5,8-11H2,1-3H3,(H,16,17). The Bertz CT molecular complexity index is 374. The molecule has 1 aromatic heterocycles. The Hall–Kier alpha value is -0.840. The van der Waals surface area contributed by atoms with Crippen LogP contribution < -0.4 is 5.32 Å². The average molecular weight is 286 g/mol. The lowest BCUT2D eigenvalue weighted by atomic mass is 10.3. The summed E-state index contributed by atoms with van der Waals surface area (Å²) in [6.45, 7) is 5.57. The van der Waals surface area contributed by atoms with Gasteiger partial charge in [0.05, 0.1) is 10.7 Å². The molecular weight excluding hydrogens is 262 g/mol. The number of ether oxygens (including phenoxy) is 1. The fourth-order valence-electron chi connectivity index (χ4n) is 1.76. The molecule has 1 aromatic rings. The molecule has 5 heteroatoms. The highest BCUT2D eigenvalue weighted by Gasteiger charge is 2.07. The summed E-state index contributed by atoms with van der Waals surface area (Å²) in [4.78, 5) is 6.77. The first-order valence-electron chi connectivity index (χ1n) is 6.74. The molecule has 0 aliphatic rings. The van der Waals surface area contributed by atoms with E-state index in [1.54, 1.807) is 7.11 Å². The lowest BCUT2D eigenvalue weighted by Gasteiger charge is -2.17. The maximum Gasteiger partial charge on any atom is 0.126 e. The highest BCUT2D eigenvalue weighted by molar-refractivity contribution is 6.31. The minimum Gasteiger partial charge on any atom is -0.385 e. The number of nitrogens with zero attached hydrogens (tertiary/aromatic N) is 2. The summed E-state index contributed by atoms with van der Waals surface area (Å²) in [5.74, 6) is 0.895. The molecule has 19 heavy (non-hydrogen) atoms. The van der Waals surface area contributed by atoms with E-state index in [0.29, 0.717) is 0 Å². The van der Waals surface area contributed by atoms with Crippen LogP contribution in [0.3, 0.4) is 0 Å². The normalized spacial score (nSPS) is 11.0. The first-order chi connectivity index (χ1) is 9.17. The van der Waals surface area contributed by atoms with E-state index in [-0.39, 0.29) is 0 Å². The van der Waals surface area contributed by atoms with Crippen molar-refractivity contribution >= 4 is 17.4 Å². The van der Waals surface area contributed by atoms with E-state index in [9.17, 15) is 0 Å². The summed E-state index contributed by atoms with van der Waals surface area (Å²) >= 11 is 6.19. The molecule has 1 rings (SSSR count). The minimum atomic E-state index is 0.723. The molecule has 1 heterocycles. The summed E-state index contributed by atoms with van der Waals surface area (Å²) < 4.78 is 5.05. The first-order valence-corrected chi connectivity index (χ1v) is 7.12. The Morgan fingerprint density at radius 3 is 2.89 bits per heavy atom. The van der Waals surface area contributed by atoms with Crippen molar-refractivity contribution in [1.82, 2.24) is 9.88 Å². The Morgan fingerprint density at radius 1 is 1.42 bits per heavy atom. The van der Waals surface area contributed by atoms with E-state index in [1.807, 2.05) is 12.1 Å². The number of anilines is 1. The van der Waals surface area contributed by atoms with Crippen molar-refractivity contribution in [2.45, 2.75) is 26.3 Å². The third kappa shape index (κ3) is 6.23. The van der Waals surface area contributed by atoms with Gasteiger partial charge in [-0.1, -0.05) is 18.5 Å². The second-order valence-corrected chi connectivity index (χ2v) is 5.04. The molecule has 0 bridgehead atoms. The average Bonchev–Trinajstić information content (AvgIpc) is 2.40. The SMILES string of the molecule is CCCNc1ccc(Cl)c(CN(C)CCCOC)n1. The topological polar surface area (TPSA) is 37.4 Å². The van der Waals surface area contributed by atoms with Crippen LogP contribution in [0.5, 0.6) is 0 Å². The molecule has 0 fully saturated rings. The molecule has 0 saturated carbocycles. The molecule has 1 N–H and O–H groups in total. The molecule has 0 aromatic carbocycles. The smallest absolute Gasteiger partial charge is 0.126 e. The van der Waals surface area contributed by atoms with Gasteiger partial charge < -0.3 is 15.0 Å². The predicted molar refractivity (Wildman–Crippen MR) is 80.9 cm³/mol. The van der Waals surface area contributed by atoms with Crippen molar-refractivity contribution in [1.29, 1.82) is 0 Å². The van der Waals surface area contributed by atoms with E-state index in [0.717, 1.165) is 55.6 Å². The van der Waals surface area contributed by atoms with Gasteiger partial charge >= 0.3 is 0 Å². The molecule has 0 spiro atoms. The number of aromatic nitrogens is 1. The Balaban J connectivity index is 2.55. The molecule has 0 aliphatic heterocycles. The lowest BCUT2D eigenvalue weighted by molar-refractivity contribution is 0.178. The highest BCUT2D eigenvalue weighted by Crippen LogP contribution is 2.18. The number of methoxy groups -OCH3 is 1. The number of hydrogen-bond donors (Lipinski definition) is 1. The van der Waals surface area contributed by atoms with Gasteiger partial charge in [-0.2, -0.15) is 0 Å². The monoisotopic (exact) mass is 285 g/mol. The first kappa shape index (κ1) is 16.2. The van der Waals surface area contributed by atoms with Crippen LogP contribution in [0.15, 0.2) is 12.1 Å². The Morgan fingerprint density at radius 2 is 2.21 bits per heavy atom. The van der Waals surface area contributed by atoms with Crippen molar-refractivity contribution in [2.75, 3.05) is 39.2 Å². The van der Waals surface area contributed by atoms with Gasteiger partial charge in [0.15, 0.2) is 0 Å². The van der Waals surface area contributed by atoms with Crippen LogP contribution in [-0.4, -0.2) is 43.7 Å². The zero-order chi connectivity index (χ0) is 14.1. The van der Waals surface area contributed by atoms with Gasteiger partial charge in [-0.3, -0.25) is 0 Å². The van der Waals surface area contributed by atoms with Crippen molar-refractivity contribution < 1.29 is 4.74 Å². The van der Waals surface area contributed by atoms with E-state index >= 15 is 0 Å². The van der Waals surface area contributed by atoms with Gasteiger partial charge in [-0.05, 0) is 32.0 Å². The van der Waals surface area contributed by atoms with Crippen molar-refractivity contribution in [3.63, 3.8) is 0 Å². The van der Waals surface area contributed by atoms with E-state index < -0.39 is 0 Å². The molecule has 4 nitrogen and oxygen atoms in total. The maximum absolute atomic E-state index is 6.19. The van der Waals surface area contributed by atoms with Crippen LogP contribution in [0, 0.1) is 0 Å². The van der Waals surface area contributed by atoms with E-state index in [4.69, 9.17) is 16.3 Å². The quantitative estimate of drug-likeness (QED) is 0.708. The third-order valence-corrected chi connectivity index (χ3v) is 3.13. The molecule has 0 radical (unpaired) electrons. The largest absolute Gasteiger partial charge is 0.385 e. The van der Waals surface area contributed by atoms with Crippen molar-refractivity contribution in [3.8, 4) is 0 Å². The number of nitrogens with one attached hydrogen (secondary N) is 1. The molecule has 108 valence electrons. The summed E-state index contributed by atoms with van der Waals surface area (Å²) in [6.07, 6.45) is 2.09. The van der Waals surface area contributed by atoms with Crippen LogP contribution in [0.1, 0.15) is 25.5 Å². The fourth-order valence-corrected chi connectivity index (χ4v) is 1.93. The molecular formula is C14H24ClN3O. The lowest BCUT2D eigenvalue weighted by Crippen LogP contribution is -2.21. The maximum atomic E-state index is 6.19. The van der Waals surface area contributed by atoms with Gasteiger partial charge in [-0.15, -0.1) is 0 Å². The zero-order valence-corrected chi connectivity index (χ0v) is 12.8. The summed E-state index contributed by atoms with van der Waals surface area (Å²) in [7, 11) is 3.79. The fraction of sp³-hybridized carbons (Fsp3) is 0.643. The minimum absolute atomic E-state index is 0.723. The van der Waals surface area contributed by atoms with Gasteiger partial charge in [0, 0.05) is 33.4 Å². The number of halogens is 1. The summed E-state index contributed by atoms with van der Waals surface area (Å²) in [6, 6.07) is 3.83. The van der Waals surface area contributed by atoms with Crippen LogP contribution >= 0.6 is 11.6 Å².